The molecule has 1 aliphatic rings. The van der Waals surface area contributed by atoms with Crippen LogP contribution in [0, 0.1) is 0 Å². The molecular weight excluding hydrogens is 202 g/mol. The summed E-state index contributed by atoms with van der Waals surface area (Å²) in [6, 6.07) is 6.15. The second-order valence-corrected chi connectivity index (χ2v) is 3.25. The van der Waals surface area contributed by atoms with Gasteiger partial charge in [-0.25, -0.2) is 13.8 Å². The molecule has 0 spiro atoms. The molecule has 2 N–H and O–H groups in total. The Morgan fingerprint density at radius 1 is 1.33 bits per heavy atom. The van der Waals surface area contributed by atoms with Gasteiger partial charge in [0.25, 0.3) is 12.4 Å². The van der Waals surface area contributed by atoms with Gasteiger partial charge in [0.15, 0.2) is 0 Å². The lowest BCUT2D eigenvalue weighted by atomic mass is 10.1. The Morgan fingerprint density at radius 2 is 2.00 bits per heavy atom. The van der Waals surface area contributed by atoms with E-state index in [0.717, 1.165) is 5.56 Å². The number of nitrogens with zero attached hydrogens (tertiary/aromatic N) is 1. The van der Waals surface area contributed by atoms with Crippen LogP contribution in [-0.2, 0) is 4.74 Å². The van der Waals surface area contributed by atoms with Crippen LogP contribution in [0.4, 0.5) is 8.78 Å². The third-order valence-electron chi connectivity index (χ3n) is 2.24. The van der Waals surface area contributed by atoms with Crippen molar-refractivity contribution in [3.05, 3.63) is 35.4 Å². The van der Waals surface area contributed by atoms with Crippen molar-refractivity contribution in [2.45, 2.75) is 12.5 Å². The summed E-state index contributed by atoms with van der Waals surface area (Å²) >= 11 is 0. The van der Waals surface area contributed by atoms with Crippen LogP contribution in [0.15, 0.2) is 29.3 Å². The third kappa shape index (κ3) is 2.06. The Hall–Kier alpha value is -1.65. The highest BCUT2D eigenvalue weighted by atomic mass is 19.3. The van der Waals surface area contributed by atoms with E-state index < -0.39 is 6.43 Å². The SMILES string of the molecule is NC1=NCC(c2ccc(C(F)F)cc2)O1. The number of aliphatic imine (C=N–C) groups is 1. The smallest absolute Gasteiger partial charge is 0.282 e. The summed E-state index contributed by atoms with van der Waals surface area (Å²) in [5, 5.41) is 0. The van der Waals surface area contributed by atoms with Crippen molar-refractivity contribution < 1.29 is 13.5 Å². The van der Waals surface area contributed by atoms with Crippen molar-refractivity contribution >= 4 is 6.02 Å². The van der Waals surface area contributed by atoms with Crippen molar-refractivity contribution in [1.29, 1.82) is 0 Å². The molecule has 0 fully saturated rings. The van der Waals surface area contributed by atoms with Crippen molar-refractivity contribution in [1.82, 2.24) is 0 Å². The van der Waals surface area contributed by atoms with Crippen LogP contribution in [-0.4, -0.2) is 12.6 Å². The number of hydrogen-bond acceptors (Lipinski definition) is 3. The Morgan fingerprint density at radius 3 is 2.47 bits per heavy atom. The van der Waals surface area contributed by atoms with E-state index in [1.165, 1.54) is 12.1 Å². The molecule has 0 saturated carbocycles. The van der Waals surface area contributed by atoms with E-state index >= 15 is 0 Å². The van der Waals surface area contributed by atoms with E-state index in [9.17, 15) is 8.78 Å². The van der Waals surface area contributed by atoms with Crippen LogP contribution in [0.2, 0.25) is 0 Å². The standard InChI is InChI=1S/C10H10F2N2O/c11-9(12)7-3-1-6(2-4-7)8-5-14-10(13)15-8/h1-4,8-9H,5H2,(H2,13,14). The maximum atomic E-state index is 12.3. The summed E-state index contributed by atoms with van der Waals surface area (Å²) in [6.07, 6.45) is -2.68. The Kier molecular flexibility index (Phi) is 2.53. The lowest BCUT2D eigenvalue weighted by Crippen LogP contribution is -2.13. The number of alkyl halides is 2. The first-order chi connectivity index (χ1) is 7.16. The fourth-order valence-corrected chi connectivity index (χ4v) is 1.42. The van der Waals surface area contributed by atoms with Crippen LogP contribution in [0.1, 0.15) is 23.7 Å². The summed E-state index contributed by atoms with van der Waals surface area (Å²) in [6.45, 7) is 0.444. The zero-order valence-electron chi connectivity index (χ0n) is 7.86. The van der Waals surface area contributed by atoms with Gasteiger partial charge in [0.2, 0.25) is 0 Å². The van der Waals surface area contributed by atoms with Crippen LogP contribution in [0.5, 0.6) is 0 Å². The minimum Gasteiger partial charge on any atom is -0.455 e. The number of rotatable bonds is 2. The summed E-state index contributed by atoms with van der Waals surface area (Å²) in [5.74, 6) is 0. The van der Waals surface area contributed by atoms with E-state index in [-0.39, 0.29) is 17.7 Å². The molecule has 1 heterocycles. The Balaban J connectivity index is 2.11. The number of halogens is 2. The van der Waals surface area contributed by atoms with Crippen LogP contribution < -0.4 is 5.73 Å². The topological polar surface area (TPSA) is 47.6 Å². The molecule has 3 nitrogen and oxygen atoms in total. The van der Waals surface area contributed by atoms with Gasteiger partial charge in [-0.05, 0) is 5.56 Å². The molecule has 0 aromatic heterocycles. The molecule has 1 atom stereocenters. The van der Waals surface area contributed by atoms with E-state index in [4.69, 9.17) is 10.5 Å². The number of ether oxygens (including phenoxy) is 1. The Labute approximate surface area is 85.6 Å². The lowest BCUT2D eigenvalue weighted by molar-refractivity contribution is 0.151. The molecule has 5 heteroatoms. The van der Waals surface area contributed by atoms with Gasteiger partial charge >= 0.3 is 0 Å². The predicted octanol–water partition coefficient (Wildman–Crippen LogP) is 2.01. The minimum atomic E-state index is -2.44. The second-order valence-electron chi connectivity index (χ2n) is 3.25. The summed E-state index contributed by atoms with van der Waals surface area (Å²) < 4.78 is 29.7. The molecule has 80 valence electrons. The van der Waals surface area contributed by atoms with Crippen LogP contribution in [0.25, 0.3) is 0 Å². The second kappa shape index (κ2) is 3.84. The molecule has 0 amide bonds. The highest BCUT2D eigenvalue weighted by Crippen LogP contribution is 2.25. The largest absolute Gasteiger partial charge is 0.455 e. The first kappa shape index (κ1) is 9.89. The Bertz CT molecular complexity index is 376. The molecule has 1 aromatic carbocycles. The van der Waals surface area contributed by atoms with Gasteiger partial charge < -0.3 is 10.5 Å². The average Bonchev–Trinajstić information content (AvgIpc) is 2.65. The number of amidine groups is 1. The summed E-state index contributed by atoms with van der Waals surface area (Å²) in [7, 11) is 0. The van der Waals surface area contributed by atoms with E-state index in [0.29, 0.717) is 6.54 Å². The summed E-state index contributed by atoms with van der Waals surface area (Å²) in [5.41, 5.74) is 6.16. The highest BCUT2D eigenvalue weighted by molar-refractivity contribution is 5.73. The van der Waals surface area contributed by atoms with E-state index in [2.05, 4.69) is 4.99 Å². The molecule has 2 rings (SSSR count). The molecule has 1 unspecified atom stereocenters. The average molecular weight is 212 g/mol. The van der Waals surface area contributed by atoms with Crippen molar-refractivity contribution in [2.24, 2.45) is 10.7 Å². The van der Waals surface area contributed by atoms with Gasteiger partial charge in [0.1, 0.15) is 6.10 Å². The first-order valence-corrected chi connectivity index (χ1v) is 4.51. The van der Waals surface area contributed by atoms with Gasteiger partial charge in [0.05, 0.1) is 6.54 Å². The zero-order chi connectivity index (χ0) is 10.8. The minimum absolute atomic E-state index is 0.00522. The van der Waals surface area contributed by atoms with Crippen molar-refractivity contribution in [3.63, 3.8) is 0 Å². The molecule has 0 radical (unpaired) electrons. The van der Waals surface area contributed by atoms with Gasteiger partial charge in [-0.1, -0.05) is 24.3 Å². The molecule has 15 heavy (non-hydrogen) atoms. The van der Waals surface area contributed by atoms with Gasteiger partial charge in [0, 0.05) is 5.56 Å². The van der Waals surface area contributed by atoms with Gasteiger partial charge in [-0.2, -0.15) is 0 Å². The fourth-order valence-electron chi connectivity index (χ4n) is 1.42. The van der Waals surface area contributed by atoms with E-state index in [1.807, 2.05) is 0 Å². The molecule has 1 aromatic rings. The number of benzene rings is 1. The number of hydrogen-bond donors (Lipinski definition) is 1. The zero-order valence-corrected chi connectivity index (χ0v) is 7.86. The maximum absolute atomic E-state index is 12.3. The molecule has 0 saturated heterocycles. The van der Waals surface area contributed by atoms with Crippen molar-refractivity contribution in [3.8, 4) is 0 Å². The molecule has 0 aliphatic carbocycles. The normalized spacial score (nSPS) is 20.2. The highest BCUT2D eigenvalue weighted by Gasteiger charge is 2.19. The van der Waals surface area contributed by atoms with Crippen LogP contribution >= 0.6 is 0 Å². The first-order valence-electron chi connectivity index (χ1n) is 4.51. The maximum Gasteiger partial charge on any atom is 0.282 e. The number of nitrogens with two attached hydrogens (primary N) is 1. The summed E-state index contributed by atoms with van der Waals surface area (Å²) in [4.78, 5) is 3.88. The van der Waals surface area contributed by atoms with Gasteiger partial charge in [-0.15, -0.1) is 0 Å². The monoisotopic (exact) mass is 212 g/mol. The third-order valence-corrected chi connectivity index (χ3v) is 2.24. The molecular formula is C10H10F2N2O. The molecule has 1 aliphatic heterocycles. The fraction of sp³-hybridized carbons (Fsp3) is 0.300. The van der Waals surface area contributed by atoms with E-state index in [1.54, 1.807) is 12.1 Å². The lowest BCUT2D eigenvalue weighted by Gasteiger charge is -2.10. The van der Waals surface area contributed by atoms with Crippen molar-refractivity contribution in [2.75, 3.05) is 6.54 Å². The quantitative estimate of drug-likeness (QED) is 0.815. The predicted molar refractivity (Wildman–Crippen MR) is 51.7 cm³/mol. The molecule has 0 bridgehead atoms. The van der Waals surface area contributed by atoms with Crippen LogP contribution in [0.3, 0.4) is 0 Å². The van der Waals surface area contributed by atoms with Gasteiger partial charge in [-0.3, -0.25) is 0 Å².